The van der Waals surface area contributed by atoms with Crippen LogP contribution in [0.1, 0.15) is 40.9 Å². The Labute approximate surface area is 157 Å². The molecule has 0 aliphatic heterocycles. The SMILES string of the molecule is COc1cccc(C(=O)NCC(=O)NCC2(c3cccs3)CCCC2)c1. The molecule has 0 unspecified atom stereocenters. The number of carbonyl (C=O) groups is 2. The summed E-state index contributed by atoms with van der Waals surface area (Å²) in [6.45, 7) is 0.595. The molecule has 6 heteroatoms. The number of hydrogen-bond donors (Lipinski definition) is 2. The summed E-state index contributed by atoms with van der Waals surface area (Å²) in [5.41, 5.74) is 0.531. The van der Waals surface area contributed by atoms with Crippen LogP contribution in [0.4, 0.5) is 0 Å². The highest BCUT2D eigenvalue weighted by Gasteiger charge is 2.36. The van der Waals surface area contributed by atoms with Crippen molar-refractivity contribution in [2.24, 2.45) is 0 Å². The van der Waals surface area contributed by atoms with E-state index in [2.05, 4.69) is 28.1 Å². The molecule has 1 aliphatic carbocycles. The van der Waals surface area contributed by atoms with E-state index in [0.717, 1.165) is 12.8 Å². The van der Waals surface area contributed by atoms with Gasteiger partial charge in [-0.25, -0.2) is 0 Å². The Morgan fingerprint density at radius 1 is 1.15 bits per heavy atom. The summed E-state index contributed by atoms with van der Waals surface area (Å²) >= 11 is 1.76. The predicted octanol–water partition coefficient (Wildman–Crippen LogP) is 3.11. The second-order valence-corrected chi connectivity index (χ2v) is 7.60. The van der Waals surface area contributed by atoms with Crippen LogP contribution in [0.15, 0.2) is 41.8 Å². The van der Waals surface area contributed by atoms with E-state index in [1.54, 1.807) is 42.7 Å². The maximum atomic E-state index is 12.2. The summed E-state index contributed by atoms with van der Waals surface area (Å²) in [4.78, 5) is 25.7. The Balaban J connectivity index is 1.51. The lowest BCUT2D eigenvalue weighted by molar-refractivity contribution is -0.120. The van der Waals surface area contributed by atoms with E-state index in [4.69, 9.17) is 4.74 Å². The van der Waals surface area contributed by atoms with Gasteiger partial charge in [0.05, 0.1) is 13.7 Å². The number of thiophene rings is 1. The molecule has 2 aromatic rings. The number of carbonyl (C=O) groups excluding carboxylic acids is 2. The van der Waals surface area contributed by atoms with E-state index >= 15 is 0 Å². The van der Waals surface area contributed by atoms with Crippen molar-refractivity contribution in [3.8, 4) is 5.75 Å². The maximum absolute atomic E-state index is 12.2. The minimum absolute atomic E-state index is 0.0312. The molecule has 3 rings (SSSR count). The summed E-state index contributed by atoms with van der Waals surface area (Å²) < 4.78 is 5.11. The van der Waals surface area contributed by atoms with E-state index in [1.165, 1.54) is 17.7 Å². The Bertz CT molecular complexity index is 752. The third kappa shape index (κ3) is 4.25. The lowest BCUT2D eigenvalue weighted by atomic mass is 9.84. The van der Waals surface area contributed by atoms with Gasteiger partial charge in [0.15, 0.2) is 0 Å². The molecule has 138 valence electrons. The van der Waals surface area contributed by atoms with Gasteiger partial charge in [0, 0.05) is 22.4 Å². The van der Waals surface area contributed by atoms with Gasteiger partial charge in [-0.2, -0.15) is 0 Å². The monoisotopic (exact) mass is 372 g/mol. The quantitative estimate of drug-likeness (QED) is 0.785. The van der Waals surface area contributed by atoms with Gasteiger partial charge in [-0.15, -0.1) is 11.3 Å². The van der Waals surface area contributed by atoms with Crippen LogP contribution < -0.4 is 15.4 Å². The number of hydrogen-bond acceptors (Lipinski definition) is 4. The van der Waals surface area contributed by atoms with Gasteiger partial charge in [-0.3, -0.25) is 9.59 Å². The molecule has 26 heavy (non-hydrogen) atoms. The molecule has 1 heterocycles. The standard InChI is InChI=1S/C20H24N2O3S/c1-25-16-7-4-6-15(12-16)19(24)21-13-18(23)22-14-20(9-2-3-10-20)17-8-5-11-26-17/h4-8,11-12H,2-3,9-10,13-14H2,1H3,(H,21,24)(H,22,23). The highest BCUT2D eigenvalue weighted by molar-refractivity contribution is 7.10. The first-order chi connectivity index (χ1) is 12.6. The van der Waals surface area contributed by atoms with Crippen molar-refractivity contribution in [2.75, 3.05) is 20.2 Å². The van der Waals surface area contributed by atoms with Crippen LogP contribution in [-0.4, -0.2) is 32.0 Å². The minimum Gasteiger partial charge on any atom is -0.497 e. The number of amides is 2. The highest BCUT2D eigenvalue weighted by atomic mass is 32.1. The molecule has 0 spiro atoms. The second kappa shape index (κ2) is 8.36. The first kappa shape index (κ1) is 18.5. The lowest BCUT2D eigenvalue weighted by Gasteiger charge is -2.28. The number of rotatable bonds is 7. The number of methoxy groups -OCH3 is 1. The first-order valence-electron chi connectivity index (χ1n) is 8.86. The fourth-order valence-corrected chi connectivity index (χ4v) is 4.49. The zero-order valence-electron chi connectivity index (χ0n) is 14.9. The van der Waals surface area contributed by atoms with E-state index < -0.39 is 0 Å². The van der Waals surface area contributed by atoms with Gasteiger partial charge >= 0.3 is 0 Å². The van der Waals surface area contributed by atoms with Crippen LogP contribution >= 0.6 is 11.3 Å². The fraction of sp³-hybridized carbons (Fsp3) is 0.400. The van der Waals surface area contributed by atoms with Gasteiger partial charge < -0.3 is 15.4 Å². The molecule has 0 atom stereocenters. The summed E-state index contributed by atoms with van der Waals surface area (Å²) in [6, 6.07) is 11.1. The third-order valence-electron chi connectivity index (χ3n) is 4.97. The van der Waals surface area contributed by atoms with Crippen LogP contribution in [0.3, 0.4) is 0 Å². The zero-order chi connectivity index (χ0) is 18.4. The molecule has 2 amide bonds. The molecule has 1 aliphatic rings. The van der Waals surface area contributed by atoms with Gasteiger partial charge in [0.2, 0.25) is 5.91 Å². The average molecular weight is 372 g/mol. The van der Waals surface area contributed by atoms with Gasteiger partial charge in [-0.1, -0.05) is 25.0 Å². The van der Waals surface area contributed by atoms with Crippen molar-refractivity contribution in [3.05, 3.63) is 52.2 Å². The van der Waals surface area contributed by atoms with Crippen molar-refractivity contribution in [1.29, 1.82) is 0 Å². The predicted molar refractivity (Wildman–Crippen MR) is 103 cm³/mol. The Morgan fingerprint density at radius 2 is 1.96 bits per heavy atom. The Kier molecular flexibility index (Phi) is 5.93. The van der Waals surface area contributed by atoms with Gasteiger partial charge in [0.1, 0.15) is 5.75 Å². The fourth-order valence-electron chi connectivity index (χ4n) is 3.50. The molecule has 0 saturated heterocycles. The molecule has 1 aromatic heterocycles. The first-order valence-corrected chi connectivity index (χ1v) is 9.74. The molecule has 5 nitrogen and oxygen atoms in total. The minimum atomic E-state index is -0.284. The summed E-state index contributed by atoms with van der Waals surface area (Å²) in [5.74, 6) is 0.165. The molecule has 1 saturated carbocycles. The highest BCUT2D eigenvalue weighted by Crippen LogP contribution is 2.42. The van der Waals surface area contributed by atoms with Gasteiger partial charge in [0.25, 0.3) is 5.91 Å². The molecule has 1 aromatic carbocycles. The molecule has 2 N–H and O–H groups in total. The van der Waals surface area contributed by atoms with Crippen LogP contribution in [0, 0.1) is 0 Å². The third-order valence-corrected chi connectivity index (χ3v) is 6.09. The smallest absolute Gasteiger partial charge is 0.251 e. The summed E-state index contributed by atoms with van der Waals surface area (Å²) in [5, 5.41) is 7.77. The van der Waals surface area contributed by atoms with Crippen LogP contribution in [0.2, 0.25) is 0 Å². The second-order valence-electron chi connectivity index (χ2n) is 6.66. The van der Waals surface area contributed by atoms with Crippen molar-refractivity contribution < 1.29 is 14.3 Å². The van der Waals surface area contributed by atoms with Crippen molar-refractivity contribution >= 4 is 23.2 Å². The van der Waals surface area contributed by atoms with Crippen molar-refractivity contribution in [3.63, 3.8) is 0 Å². The number of ether oxygens (including phenoxy) is 1. The van der Waals surface area contributed by atoms with E-state index in [1.807, 2.05) is 0 Å². The van der Waals surface area contributed by atoms with E-state index in [-0.39, 0.29) is 23.8 Å². The lowest BCUT2D eigenvalue weighted by Crippen LogP contribution is -2.43. The largest absolute Gasteiger partial charge is 0.497 e. The van der Waals surface area contributed by atoms with E-state index in [0.29, 0.717) is 17.9 Å². The molecular formula is C20H24N2O3S. The molecule has 0 bridgehead atoms. The average Bonchev–Trinajstić information content (AvgIpc) is 3.36. The Morgan fingerprint density at radius 3 is 2.65 bits per heavy atom. The van der Waals surface area contributed by atoms with Crippen LogP contribution in [-0.2, 0) is 10.2 Å². The Hall–Kier alpha value is -2.34. The normalized spacial score (nSPS) is 15.4. The van der Waals surface area contributed by atoms with Crippen LogP contribution in [0.25, 0.3) is 0 Å². The van der Waals surface area contributed by atoms with Gasteiger partial charge in [-0.05, 0) is 42.5 Å². The van der Waals surface area contributed by atoms with Crippen LogP contribution in [0.5, 0.6) is 5.75 Å². The summed E-state index contributed by atoms with van der Waals surface area (Å²) in [7, 11) is 1.55. The topological polar surface area (TPSA) is 67.4 Å². The van der Waals surface area contributed by atoms with E-state index in [9.17, 15) is 9.59 Å². The number of benzene rings is 1. The number of nitrogens with one attached hydrogen (secondary N) is 2. The zero-order valence-corrected chi connectivity index (χ0v) is 15.7. The molecule has 0 radical (unpaired) electrons. The van der Waals surface area contributed by atoms with Crippen molar-refractivity contribution in [1.82, 2.24) is 10.6 Å². The van der Waals surface area contributed by atoms with Crippen molar-refractivity contribution in [2.45, 2.75) is 31.1 Å². The molecule has 1 fully saturated rings. The maximum Gasteiger partial charge on any atom is 0.251 e. The molecular weight excluding hydrogens is 348 g/mol. The summed E-state index contributed by atoms with van der Waals surface area (Å²) in [6.07, 6.45) is 4.59.